The van der Waals surface area contributed by atoms with Crippen LogP contribution in [0.1, 0.15) is 38.2 Å². The zero-order valence-corrected chi connectivity index (χ0v) is 9.20. The molecule has 0 aromatic carbocycles. The van der Waals surface area contributed by atoms with Gasteiger partial charge in [-0.2, -0.15) is 0 Å². The Morgan fingerprint density at radius 2 is 2.00 bits per heavy atom. The van der Waals surface area contributed by atoms with E-state index in [0.717, 1.165) is 12.0 Å². The van der Waals surface area contributed by atoms with Crippen LogP contribution in [0.4, 0.5) is 0 Å². The van der Waals surface area contributed by atoms with Gasteiger partial charge in [-0.05, 0) is 18.6 Å². The summed E-state index contributed by atoms with van der Waals surface area (Å²) >= 11 is 0. The lowest BCUT2D eigenvalue weighted by molar-refractivity contribution is 0.291. The highest BCUT2D eigenvalue weighted by atomic mass is 16.5. The Balaban J connectivity index is 2.20. The highest BCUT2D eigenvalue weighted by Crippen LogP contribution is 2.02. The van der Waals surface area contributed by atoms with Crippen LogP contribution in [-0.2, 0) is 4.74 Å². The molecular formula is C12H18N2O. The first-order valence-corrected chi connectivity index (χ1v) is 5.46. The standard InChI is InChI=1S/C12H18N2O/c1-2-3-4-5-10-15-12(13)11-6-8-14-9-7-11/h6-9,13H,2-5,10H2,1H3. The lowest BCUT2D eigenvalue weighted by Gasteiger charge is -2.06. The zero-order valence-electron chi connectivity index (χ0n) is 9.20. The normalized spacial score (nSPS) is 9.93. The summed E-state index contributed by atoms with van der Waals surface area (Å²) in [6.45, 7) is 2.82. The van der Waals surface area contributed by atoms with E-state index in [9.17, 15) is 0 Å². The Bertz CT molecular complexity index is 285. The summed E-state index contributed by atoms with van der Waals surface area (Å²) in [5, 5.41) is 7.66. The van der Waals surface area contributed by atoms with Crippen LogP contribution in [0.5, 0.6) is 0 Å². The van der Waals surface area contributed by atoms with Gasteiger partial charge in [0.1, 0.15) is 0 Å². The van der Waals surface area contributed by atoms with E-state index in [4.69, 9.17) is 10.1 Å². The molecule has 1 heterocycles. The van der Waals surface area contributed by atoms with Gasteiger partial charge >= 0.3 is 0 Å². The highest BCUT2D eigenvalue weighted by Gasteiger charge is 2.00. The average Bonchev–Trinajstić information content (AvgIpc) is 2.30. The summed E-state index contributed by atoms with van der Waals surface area (Å²) < 4.78 is 5.33. The third-order valence-corrected chi connectivity index (χ3v) is 2.19. The molecule has 0 unspecified atom stereocenters. The van der Waals surface area contributed by atoms with E-state index in [-0.39, 0.29) is 5.90 Å². The van der Waals surface area contributed by atoms with Crippen molar-refractivity contribution in [2.75, 3.05) is 6.61 Å². The number of nitrogens with one attached hydrogen (secondary N) is 1. The zero-order chi connectivity index (χ0) is 10.9. The molecule has 0 atom stereocenters. The number of hydrogen-bond donors (Lipinski definition) is 1. The molecule has 0 saturated carbocycles. The van der Waals surface area contributed by atoms with E-state index >= 15 is 0 Å². The van der Waals surface area contributed by atoms with Crippen molar-refractivity contribution in [2.24, 2.45) is 0 Å². The van der Waals surface area contributed by atoms with Crippen molar-refractivity contribution in [2.45, 2.75) is 32.6 Å². The molecule has 1 aromatic heterocycles. The first kappa shape index (κ1) is 11.7. The van der Waals surface area contributed by atoms with E-state index < -0.39 is 0 Å². The van der Waals surface area contributed by atoms with Crippen molar-refractivity contribution in [1.82, 2.24) is 4.98 Å². The van der Waals surface area contributed by atoms with Crippen molar-refractivity contribution in [3.8, 4) is 0 Å². The fourth-order valence-corrected chi connectivity index (χ4v) is 1.29. The predicted octanol–water partition coefficient (Wildman–Crippen LogP) is 3.00. The van der Waals surface area contributed by atoms with Crippen molar-refractivity contribution in [1.29, 1.82) is 5.41 Å². The average molecular weight is 206 g/mol. The van der Waals surface area contributed by atoms with Crippen LogP contribution in [0.25, 0.3) is 0 Å². The number of pyridine rings is 1. The van der Waals surface area contributed by atoms with Crippen molar-refractivity contribution >= 4 is 5.90 Å². The maximum absolute atomic E-state index is 7.66. The largest absolute Gasteiger partial charge is 0.478 e. The predicted molar refractivity (Wildman–Crippen MR) is 61.2 cm³/mol. The molecule has 0 radical (unpaired) electrons. The van der Waals surface area contributed by atoms with E-state index in [1.165, 1.54) is 19.3 Å². The Kier molecular flexibility index (Phi) is 5.44. The second-order valence-corrected chi connectivity index (χ2v) is 3.47. The maximum atomic E-state index is 7.66. The molecule has 0 amide bonds. The van der Waals surface area contributed by atoms with Gasteiger partial charge in [-0.1, -0.05) is 26.2 Å². The van der Waals surface area contributed by atoms with E-state index in [1.807, 2.05) is 0 Å². The number of aromatic nitrogens is 1. The van der Waals surface area contributed by atoms with Gasteiger partial charge in [0.25, 0.3) is 0 Å². The van der Waals surface area contributed by atoms with Gasteiger partial charge < -0.3 is 4.74 Å². The Morgan fingerprint density at radius 3 is 2.67 bits per heavy atom. The van der Waals surface area contributed by atoms with Gasteiger partial charge in [0, 0.05) is 18.0 Å². The molecule has 3 heteroatoms. The summed E-state index contributed by atoms with van der Waals surface area (Å²) in [5.74, 6) is 0.244. The van der Waals surface area contributed by atoms with Crippen LogP contribution in [-0.4, -0.2) is 17.5 Å². The van der Waals surface area contributed by atoms with E-state index in [2.05, 4.69) is 11.9 Å². The third kappa shape index (κ3) is 4.58. The van der Waals surface area contributed by atoms with Gasteiger partial charge in [0.05, 0.1) is 6.61 Å². The monoisotopic (exact) mass is 206 g/mol. The summed E-state index contributed by atoms with van der Waals surface area (Å²) in [6, 6.07) is 3.57. The van der Waals surface area contributed by atoms with E-state index in [1.54, 1.807) is 24.5 Å². The molecule has 3 nitrogen and oxygen atoms in total. The molecule has 0 aliphatic rings. The molecular weight excluding hydrogens is 188 g/mol. The molecule has 15 heavy (non-hydrogen) atoms. The summed E-state index contributed by atoms with van der Waals surface area (Å²) in [5.41, 5.74) is 0.792. The molecule has 0 aliphatic carbocycles. The van der Waals surface area contributed by atoms with Crippen molar-refractivity contribution < 1.29 is 4.74 Å². The van der Waals surface area contributed by atoms with Crippen LogP contribution in [0, 0.1) is 5.41 Å². The van der Waals surface area contributed by atoms with Crippen molar-refractivity contribution in [3.63, 3.8) is 0 Å². The molecule has 0 bridgehead atoms. The first-order chi connectivity index (χ1) is 7.34. The third-order valence-electron chi connectivity index (χ3n) is 2.19. The van der Waals surface area contributed by atoms with Crippen molar-refractivity contribution in [3.05, 3.63) is 30.1 Å². The minimum Gasteiger partial charge on any atom is -0.478 e. The van der Waals surface area contributed by atoms with Crippen LogP contribution >= 0.6 is 0 Å². The number of hydrogen-bond acceptors (Lipinski definition) is 3. The molecule has 0 saturated heterocycles. The van der Waals surface area contributed by atoms with Gasteiger partial charge in [0.15, 0.2) is 0 Å². The summed E-state index contributed by atoms with van der Waals surface area (Å²) in [7, 11) is 0. The second kappa shape index (κ2) is 6.98. The van der Waals surface area contributed by atoms with Crippen LogP contribution in [0.2, 0.25) is 0 Å². The molecule has 1 rings (SSSR count). The molecule has 1 N–H and O–H groups in total. The molecule has 0 aliphatic heterocycles. The lowest BCUT2D eigenvalue weighted by Crippen LogP contribution is -2.06. The number of ether oxygens (including phenoxy) is 1. The quantitative estimate of drug-likeness (QED) is 0.442. The minimum atomic E-state index is 0.244. The number of unbranched alkanes of at least 4 members (excludes halogenated alkanes) is 3. The SMILES string of the molecule is CCCCCCOC(=N)c1ccncc1. The fraction of sp³-hybridized carbons (Fsp3) is 0.500. The first-order valence-electron chi connectivity index (χ1n) is 5.46. The smallest absolute Gasteiger partial charge is 0.213 e. The second-order valence-electron chi connectivity index (χ2n) is 3.47. The molecule has 0 fully saturated rings. The van der Waals surface area contributed by atoms with Crippen LogP contribution < -0.4 is 0 Å². The summed E-state index contributed by atoms with van der Waals surface area (Å²) in [6.07, 6.45) is 8.02. The molecule has 82 valence electrons. The Labute approximate surface area is 91.0 Å². The molecule has 0 spiro atoms. The topological polar surface area (TPSA) is 46.0 Å². The van der Waals surface area contributed by atoms with Gasteiger partial charge in [-0.3, -0.25) is 10.4 Å². The lowest BCUT2D eigenvalue weighted by atomic mass is 10.2. The highest BCUT2D eigenvalue weighted by molar-refractivity contribution is 5.91. The van der Waals surface area contributed by atoms with Crippen LogP contribution in [0.3, 0.4) is 0 Å². The van der Waals surface area contributed by atoms with Gasteiger partial charge in [0.2, 0.25) is 5.90 Å². The molecule has 1 aromatic rings. The number of nitrogens with zero attached hydrogens (tertiary/aromatic N) is 1. The van der Waals surface area contributed by atoms with Gasteiger partial charge in [-0.15, -0.1) is 0 Å². The van der Waals surface area contributed by atoms with Crippen LogP contribution in [0.15, 0.2) is 24.5 Å². The fourth-order valence-electron chi connectivity index (χ4n) is 1.29. The maximum Gasteiger partial charge on any atom is 0.213 e. The Morgan fingerprint density at radius 1 is 1.27 bits per heavy atom. The minimum absolute atomic E-state index is 0.244. The number of rotatable bonds is 6. The van der Waals surface area contributed by atoms with Gasteiger partial charge in [-0.25, -0.2) is 0 Å². The van der Waals surface area contributed by atoms with E-state index in [0.29, 0.717) is 6.61 Å². The summed E-state index contributed by atoms with van der Waals surface area (Å²) in [4.78, 5) is 3.90. The Hall–Kier alpha value is -1.38.